The summed E-state index contributed by atoms with van der Waals surface area (Å²) in [6.45, 7) is 4.31. The van der Waals surface area contributed by atoms with Crippen molar-refractivity contribution in [2.75, 3.05) is 13.2 Å². The molecule has 1 amide bonds. The average Bonchev–Trinajstić information content (AvgIpc) is 3.11. The Kier molecular flexibility index (Phi) is 6.59. The molecule has 0 saturated heterocycles. The van der Waals surface area contributed by atoms with Crippen LogP contribution in [0.15, 0.2) is 47.5 Å². The first-order valence-corrected chi connectivity index (χ1v) is 9.84. The van der Waals surface area contributed by atoms with E-state index in [1.54, 1.807) is 42.6 Å². The smallest absolute Gasteiger partial charge is 0.319 e. The van der Waals surface area contributed by atoms with Gasteiger partial charge in [0, 0.05) is 18.5 Å². The van der Waals surface area contributed by atoms with Crippen molar-refractivity contribution in [2.45, 2.75) is 30.5 Å². The van der Waals surface area contributed by atoms with E-state index in [1.807, 2.05) is 18.2 Å². The van der Waals surface area contributed by atoms with Crippen LogP contribution in [0.3, 0.4) is 0 Å². The highest BCUT2D eigenvalue weighted by molar-refractivity contribution is 8.00. The molecule has 3 aromatic rings. The first kappa shape index (κ1) is 19.8. The molecular weight excluding hydrogens is 378 g/mol. The van der Waals surface area contributed by atoms with E-state index in [4.69, 9.17) is 4.74 Å². The van der Waals surface area contributed by atoms with Gasteiger partial charge in [0.1, 0.15) is 10.3 Å². The van der Waals surface area contributed by atoms with Crippen LogP contribution in [-0.2, 0) is 16.0 Å². The summed E-state index contributed by atoms with van der Waals surface area (Å²) >= 11 is 1.31. The van der Waals surface area contributed by atoms with E-state index in [0.717, 1.165) is 0 Å². The molecule has 0 spiro atoms. The second-order valence-electron chi connectivity index (χ2n) is 5.94. The molecule has 146 valence electrons. The first-order valence-electron chi connectivity index (χ1n) is 8.96. The minimum Gasteiger partial charge on any atom is -0.465 e. The lowest BCUT2D eigenvalue weighted by Gasteiger charge is -2.09. The fourth-order valence-electron chi connectivity index (χ4n) is 2.50. The van der Waals surface area contributed by atoms with Gasteiger partial charge in [0.05, 0.1) is 6.61 Å². The fraction of sp³-hybridized carbons (Fsp3) is 0.316. The Hall–Kier alpha value is -2.94. The zero-order chi connectivity index (χ0) is 19.9. The molecule has 28 heavy (non-hydrogen) atoms. The van der Waals surface area contributed by atoms with E-state index >= 15 is 0 Å². The second-order valence-corrected chi connectivity index (χ2v) is 7.30. The Bertz CT molecular complexity index is 961. The summed E-state index contributed by atoms with van der Waals surface area (Å²) < 4.78 is 6.66. The second kappa shape index (κ2) is 9.32. The number of esters is 1. The number of ether oxygens (including phenoxy) is 1. The Morgan fingerprint density at radius 3 is 2.71 bits per heavy atom. The lowest BCUT2D eigenvalue weighted by atomic mass is 10.2. The number of nitrogens with zero attached hydrogens (tertiary/aromatic N) is 4. The van der Waals surface area contributed by atoms with Crippen molar-refractivity contribution in [3.63, 3.8) is 0 Å². The third kappa shape index (κ3) is 4.86. The molecule has 3 rings (SSSR count). The van der Waals surface area contributed by atoms with Crippen LogP contribution < -0.4 is 5.32 Å². The number of nitrogens with one attached hydrogen (secondary N) is 1. The SMILES string of the molecule is CCOC(=O)C(C)Sc1ccc2nnc(CCNC(=O)c3ccccc3)n2n1. The molecule has 9 heteroatoms. The third-order valence-electron chi connectivity index (χ3n) is 3.89. The number of carbonyl (C=O) groups excluding carboxylic acids is 2. The highest BCUT2D eigenvalue weighted by atomic mass is 32.2. The van der Waals surface area contributed by atoms with E-state index in [2.05, 4.69) is 20.6 Å². The summed E-state index contributed by atoms with van der Waals surface area (Å²) in [6.07, 6.45) is 0.480. The van der Waals surface area contributed by atoms with Crippen molar-refractivity contribution < 1.29 is 14.3 Å². The lowest BCUT2D eigenvalue weighted by Crippen LogP contribution is -2.26. The first-order chi connectivity index (χ1) is 13.6. The Labute approximate surface area is 166 Å². The van der Waals surface area contributed by atoms with Gasteiger partial charge in [0.2, 0.25) is 0 Å². The van der Waals surface area contributed by atoms with E-state index in [9.17, 15) is 9.59 Å². The van der Waals surface area contributed by atoms with Crippen LogP contribution in [0.2, 0.25) is 0 Å². The largest absolute Gasteiger partial charge is 0.465 e. The molecule has 0 bridgehead atoms. The summed E-state index contributed by atoms with van der Waals surface area (Å²) in [4.78, 5) is 23.9. The molecule has 0 fully saturated rings. The number of amides is 1. The van der Waals surface area contributed by atoms with Crippen molar-refractivity contribution in [3.05, 3.63) is 53.9 Å². The van der Waals surface area contributed by atoms with Crippen LogP contribution in [0.4, 0.5) is 0 Å². The zero-order valence-corrected chi connectivity index (χ0v) is 16.5. The van der Waals surface area contributed by atoms with Gasteiger partial charge in [-0.2, -0.15) is 9.61 Å². The van der Waals surface area contributed by atoms with Crippen molar-refractivity contribution in [3.8, 4) is 0 Å². The van der Waals surface area contributed by atoms with Crippen LogP contribution in [-0.4, -0.2) is 50.1 Å². The number of thioether (sulfide) groups is 1. The minimum absolute atomic E-state index is 0.137. The Morgan fingerprint density at radius 1 is 1.18 bits per heavy atom. The normalized spacial score (nSPS) is 11.9. The van der Waals surface area contributed by atoms with Gasteiger partial charge in [0.25, 0.3) is 5.91 Å². The van der Waals surface area contributed by atoms with E-state index in [0.29, 0.717) is 41.6 Å². The molecule has 8 nitrogen and oxygen atoms in total. The minimum atomic E-state index is -0.366. The zero-order valence-electron chi connectivity index (χ0n) is 15.7. The number of rotatable bonds is 8. The van der Waals surface area contributed by atoms with Gasteiger partial charge in [-0.1, -0.05) is 30.0 Å². The van der Waals surface area contributed by atoms with Gasteiger partial charge in [-0.15, -0.1) is 10.2 Å². The van der Waals surface area contributed by atoms with Gasteiger partial charge in [-0.3, -0.25) is 9.59 Å². The average molecular weight is 399 g/mol. The van der Waals surface area contributed by atoms with Crippen LogP contribution >= 0.6 is 11.8 Å². The maximum atomic E-state index is 12.1. The molecule has 0 radical (unpaired) electrons. The number of benzene rings is 1. The van der Waals surface area contributed by atoms with E-state index in [1.165, 1.54) is 11.8 Å². The van der Waals surface area contributed by atoms with Crippen LogP contribution in [0, 0.1) is 0 Å². The standard InChI is InChI=1S/C19H21N5O3S/c1-3-27-19(26)13(2)28-17-10-9-15-21-22-16(24(15)23-17)11-12-20-18(25)14-7-5-4-6-8-14/h4-10,13H,3,11-12H2,1-2H3,(H,20,25). The van der Waals surface area contributed by atoms with Crippen LogP contribution in [0.1, 0.15) is 30.0 Å². The van der Waals surface area contributed by atoms with E-state index in [-0.39, 0.29) is 17.1 Å². The predicted octanol–water partition coefficient (Wildman–Crippen LogP) is 2.14. The number of fused-ring (bicyclic) bond motifs is 1. The van der Waals surface area contributed by atoms with Crippen LogP contribution in [0.5, 0.6) is 0 Å². The highest BCUT2D eigenvalue weighted by Crippen LogP contribution is 2.22. The summed E-state index contributed by atoms with van der Waals surface area (Å²) in [5, 5.41) is 15.9. The van der Waals surface area contributed by atoms with E-state index < -0.39 is 0 Å². The lowest BCUT2D eigenvalue weighted by molar-refractivity contribution is -0.142. The fourth-order valence-corrected chi connectivity index (χ4v) is 3.31. The molecule has 2 aromatic heterocycles. The number of hydrogen-bond donors (Lipinski definition) is 1. The van der Waals surface area contributed by atoms with Crippen LogP contribution in [0.25, 0.3) is 5.65 Å². The molecular formula is C19H21N5O3S. The van der Waals surface area contributed by atoms with Crippen molar-refractivity contribution >= 4 is 29.3 Å². The third-order valence-corrected chi connectivity index (χ3v) is 4.89. The van der Waals surface area contributed by atoms with Crippen molar-refractivity contribution in [1.29, 1.82) is 0 Å². The van der Waals surface area contributed by atoms with Gasteiger partial charge < -0.3 is 10.1 Å². The summed E-state index contributed by atoms with van der Waals surface area (Å²) in [7, 11) is 0. The molecule has 2 heterocycles. The molecule has 1 unspecified atom stereocenters. The summed E-state index contributed by atoms with van der Waals surface area (Å²) in [6, 6.07) is 12.6. The molecule has 0 saturated carbocycles. The van der Waals surface area contributed by atoms with Crippen molar-refractivity contribution in [1.82, 2.24) is 25.1 Å². The molecule has 1 N–H and O–H groups in total. The molecule has 0 aliphatic carbocycles. The maximum Gasteiger partial charge on any atom is 0.319 e. The number of carbonyl (C=O) groups is 2. The molecule has 0 aliphatic rings. The van der Waals surface area contributed by atoms with Gasteiger partial charge in [-0.05, 0) is 38.1 Å². The summed E-state index contributed by atoms with van der Waals surface area (Å²) in [5.74, 6) is 0.221. The maximum absolute atomic E-state index is 12.1. The quantitative estimate of drug-likeness (QED) is 0.458. The number of aromatic nitrogens is 4. The number of hydrogen-bond acceptors (Lipinski definition) is 7. The van der Waals surface area contributed by atoms with Crippen molar-refractivity contribution in [2.24, 2.45) is 0 Å². The highest BCUT2D eigenvalue weighted by Gasteiger charge is 2.17. The monoisotopic (exact) mass is 399 g/mol. The molecule has 1 aromatic carbocycles. The Morgan fingerprint density at radius 2 is 1.96 bits per heavy atom. The Balaban J connectivity index is 1.64. The van der Waals surface area contributed by atoms with Gasteiger partial charge in [0.15, 0.2) is 11.5 Å². The molecule has 0 aliphatic heterocycles. The van der Waals surface area contributed by atoms with Gasteiger partial charge >= 0.3 is 5.97 Å². The summed E-state index contributed by atoms with van der Waals surface area (Å²) in [5.41, 5.74) is 1.22. The topological polar surface area (TPSA) is 98.5 Å². The van der Waals surface area contributed by atoms with Gasteiger partial charge in [-0.25, -0.2) is 0 Å². The predicted molar refractivity (Wildman–Crippen MR) is 105 cm³/mol. The molecule has 1 atom stereocenters.